The molecule has 0 fully saturated rings. The van der Waals surface area contributed by atoms with Gasteiger partial charge in [-0.3, -0.25) is 0 Å². The molecule has 7 heteroatoms. The van der Waals surface area contributed by atoms with Crippen molar-refractivity contribution < 1.29 is 13.5 Å². The van der Waals surface area contributed by atoms with Crippen LogP contribution >= 0.6 is 11.6 Å². The number of hydrogen-bond acceptors (Lipinski definition) is 3. The van der Waals surface area contributed by atoms with Gasteiger partial charge in [0.1, 0.15) is 22.4 Å². The normalized spacial score (nSPS) is 14.5. The molecule has 2 atom stereocenters. The summed E-state index contributed by atoms with van der Waals surface area (Å²) in [7, 11) is 0. The number of aryl methyl sites for hydroxylation is 1. The molecule has 0 aliphatic carbocycles. The van der Waals surface area contributed by atoms with Crippen molar-refractivity contribution >= 4 is 23.0 Å². The van der Waals surface area contributed by atoms with Crippen LogP contribution in [0, 0.1) is 30.4 Å². The van der Waals surface area contributed by atoms with Gasteiger partial charge in [0, 0.05) is 30.7 Å². The van der Waals surface area contributed by atoms with E-state index in [0.717, 1.165) is 30.5 Å². The van der Waals surface area contributed by atoms with Crippen molar-refractivity contribution in [1.82, 2.24) is 9.38 Å². The lowest BCUT2D eigenvalue weighted by atomic mass is 9.88. The van der Waals surface area contributed by atoms with Crippen molar-refractivity contribution in [3.63, 3.8) is 0 Å². The number of aromatic nitrogens is 2. The summed E-state index contributed by atoms with van der Waals surface area (Å²) < 4.78 is 39.8. The Morgan fingerprint density at radius 3 is 2.39 bits per heavy atom. The van der Waals surface area contributed by atoms with Crippen molar-refractivity contribution in [2.24, 2.45) is 16.8 Å². The molecule has 3 rings (SSSR count). The Morgan fingerprint density at radius 2 is 1.82 bits per heavy atom. The van der Waals surface area contributed by atoms with Crippen LogP contribution in [-0.2, 0) is 11.2 Å². The molecule has 3 aromatic rings. The van der Waals surface area contributed by atoms with Gasteiger partial charge in [-0.2, -0.15) is 0 Å². The highest BCUT2D eigenvalue weighted by Gasteiger charge is 2.26. The highest BCUT2D eigenvalue weighted by Crippen LogP contribution is 2.33. The van der Waals surface area contributed by atoms with E-state index in [1.807, 2.05) is 50.4 Å². The highest BCUT2D eigenvalue weighted by atomic mass is 35.5. The van der Waals surface area contributed by atoms with Crippen LogP contribution in [0.5, 0.6) is 0 Å². The van der Waals surface area contributed by atoms with Gasteiger partial charge in [-0.05, 0) is 62.4 Å². The molecule has 0 spiro atoms. The van der Waals surface area contributed by atoms with Gasteiger partial charge in [-0.15, -0.1) is 0 Å². The summed E-state index contributed by atoms with van der Waals surface area (Å²) in [5, 5.41) is 0.282. The number of ether oxygens (including phenoxy) is 1. The number of allylic oxidation sites excluding steroid dienone is 1. The lowest BCUT2D eigenvalue weighted by Gasteiger charge is -2.20. The number of aliphatic imine (C=N–C) groups is 1. The average Bonchev–Trinajstić information content (AvgIpc) is 3.21. The first-order valence-corrected chi connectivity index (χ1v) is 14.0. The monoisotopic (exact) mass is 543 g/mol. The molecule has 1 aromatic carbocycles. The smallest absolute Gasteiger partial charge is 0.137 e. The minimum absolute atomic E-state index is 0.0624. The second kappa shape index (κ2) is 13.5. The standard InChI is InChI=1S/C31H40ClF2N3O/c1-8-11-23(38-14-9-2)18-26-31(36-28-15-20(6)12-13-37(26)28)29-24(33)16-22(17-25(29)34)30(21(7)19(4)5)35-27(32)10-3/h10,12-13,15-17,19,21,23H,8-9,11,14,18H2,1-7H3/b27-10-,35-30+/t21-,23?/m1/s1. The summed E-state index contributed by atoms with van der Waals surface area (Å²) in [5.41, 5.74) is 3.51. The Hall–Kier alpha value is -2.57. The largest absolute Gasteiger partial charge is 0.378 e. The van der Waals surface area contributed by atoms with Crippen LogP contribution in [0.1, 0.15) is 77.6 Å². The second-order valence-electron chi connectivity index (χ2n) is 10.3. The number of hydrogen-bond donors (Lipinski definition) is 0. The Morgan fingerprint density at radius 1 is 1.13 bits per heavy atom. The van der Waals surface area contributed by atoms with Crippen LogP contribution in [0.4, 0.5) is 8.78 Å². The van der Waals surface area contributed by atoms with Crippen molar-refractivity contribution in [3.05, 3.63) is 70.1 Å². The van der Waals surface area contributed by atoms with Gasteiger partial charge in [0.15, 0.2) is 0 Å². The molecule has 0 aliphatic heterocycles. The summed E-state index contributed by atoms with van der Waals surface area (Å²) in [6, 6.07) is 6.60. The molecule has 38 heavy (non-hydrogen) atoms. The highest BCUT2D eigenvalue weighted by molar-refractivity contribution is 6.30. The van der Waals surface area contributed by atoms with E-state index in [-0.39, 0.29) is 28.7 Å². The summed E-state index contributed by atoms with van der Waals surface area (Å²) in [6.07, 6.45) is 6.70. The van der Waals surface area contributed by atoms with Gasteiger partial charge in [-0.1, -0.05) is 58.7 Å². The van der Waals surface area contributed by atoms with Gasteiger partial charge >= 0.3 is 0 Å². The lowest BCUT2D eigenvalue weighted by molar-refractivity contribution is 0.0470. The van der Waals surface area contributed by atoms with Crippen molar-refractivity contribution in [1.29, 1.82) is 0 Å². The van der Waals surface area contributed by atoms with Gasteiger partial charge in [0.05, 0.1) is 28.8 Å². The fourth-order valence-electron chi connectivity index (χ4n) is 4.53. The van der Waals surface area contributed by atoms with E-state index in [0.29, 0.717) is 35.6 Å². The van der Waals surface area contributed by atoms with Crippen molar-refractivity contribution in [3.8, 4) is 11.3 Å². The predicted molar refractivity (Wildman–Crippen MR) is 154 cm³/mol. The molecule has 2 aromatic heterocycles. The molecule has 4 nitrogen and oxygen atoms in total. The maximum Gasteiger partial charge on any atom is 0.137 e. The number of rotatable bonds is 12. The second-order valence-corrected chi connectivity index (χ2v) is 10.7. The zero-order valence-corrected chi connectivity index (χ0v) is 24.4. The first-order chi connectivity index (χ1) is 18.1. The number of fused-ring (bicyclic) bond motifs is 1. The molecule has 206 valence electrons. The first-order valence-electron chi connectivity index (χ1n) is 13.6. The Labute approximate surface area is 230 Å². The van der Waals surface area contributed by atoms with E-state index in [9.17, 15) is 0 Å². The zero-order valence-electron chi connectivity index (χ0n) is 23.6. The van der Waals surface area contributed by atoms with Crippen LogP contribution < -0.4 is 0 Å². The topological polar surface area (TPSA) is 38.9 Å². The number of pyridine rings is 1. The third-order valence-corrected chi connectivity index (χ3v) is 7.24. The molecular formula is C31H40ClF2N3O. The lowest BCUT2D eigenvalue weighted by Crippen LogP contribution is -2.19. The van der Waals surface area contributed by atoms with Crippen LogP contribution in [0.15, 0.2) is 46.7 Å². The Kier molecular flexibility index (Phi) is 10.6. The zero-order chi connectivity index (χ0) is 28.0. The third-order valence-electron chi connectivity index (χ3n) is 6.94. The Balaban J connectivity index is 2.20. The minimum atomic E-state index is -0.678. The number of nitrogens with zero attached hydrogens (tertiary/aromatic N) is 3. The maximum atomic E-state index is 15.9. The summed E-state index contributed by atoms with van der Waals surface area (Å²) in [5.74, 6) is -1.22. The van der Waals surface area contributed by atoms with Crippen LogP contribution in [-0.4, -0.2) is 27.8 Å². The molecule has 0 aliphatic rings. The van der Waals surface area contributed by atoms with E-state index in [4.69, 9.17) is 21.3 Å². The molecule has 0 amide bonds. The number of benzene rings is 1. The molecule has 0 N–H and O–H groups in total. The molecule has 0 radical (unpaired) electrons. The SMILES string of the molecule is C/C=C(Cl)\N=C(\c1cc(F)c(-c2nc3cc(C)ccn3c2CC(CCC)OCCC)c(F)c1)[C@H](C)C(C)C. The number of halogens is 3. The van der Waals surface area contributed by atoms with E-state index in [1.54, 1.807) is 13.0 Å². The van der Waals surface area contributed by atoms with Crippen LogP contribution in [0.25, 0.3) is 16.9 Å². The maximum absolute atomic E-state index is 15.9. The van der Waals surface area contributed by atoms with Crippen molar-refractivity contribution in [2.75, 3.05) is 6.61 Å². The van der Waals surface area contributed by atoms with E-state index in [1.165, 1.54) is 12.1 Å². The fourth-order valence-corrected chi connectivity index (χ4v) is 4.62. The van der Waals surface area contributed by atoms with E-state index >= 15 is 8.78 Å². The van der Waals surface area contributed by atoms with Gasteiger partial charge in [-0.25, -0.2) is 18.8 Å². The molecule has 1 unspecified atom stereocenters. The fraction of sp³-hybridized carbons (Fsp3) is 0.484. The first kappa shape index (κ1) is 30.0. The molecular weight excluding hydrogens is 504 g/mol. The number of imidazole rings is 1. The van der Waals surface area contributed by atoms with Crippen LogP contribution in [0.2, 0.25) is 0 Å². The van der Waals surface area contributed by atoms with Crippen molar-refractivity contribution in [2.45, 2.75) is 80.3 Å². The predicted octanol–water partition coefficient (Wildman–Crippen LogP) is 8.91. The van der Waals surface area contributed by atoms with E-state index < -0.39 is 11.6 Å². The molecule has 0 bridgehead atoms. The summed E-state index contributed by atoms with van der Waals surface area (Å²) >= 11 is 6.22. The van der Waals surface area contributed by atoms with Gasteiger partial charge < -0.3 is 9.14 Å². The molecule has 2 heterocycles. The minimum Gasteiger partial charge on any atom is -0.378 e. The molecule has 0 saturated carbocycles. The Bertz CT molecular complexity index is 1290. The third kappa shape index (κ3) is 6.89. The summed E-state index contributed by atoms with van der Waals surface area (Å²) in [4.78, 5) is 9.22. The summed E-state index contributed by atoms with van der Waals surface area (Å²) in [6.45, 7) is 14.6. The molecule has 0 saturated heterocycles. The van der Waals surface area contributed by atoms with Crippen LogP contribution in [0.3, 0.4) is 0 Å². The average molecular weight is 544 g/mol. The quantitative estimate of drug-likeness (QED) is 0.169. The van der Waals surface area contributed by atoms with Gasteiger partial charge in [0.2, 0.25) is 0 Å². The van der Waals surface area contributed by atoms with Gasteiger partial charge in [0.25, 0.3) is 0 Å². The van der Waals surface area contributed by atoms with E-state index in [2.05, 4.69) is 18.8 Å².